The van der Waals surface area contributed by atoms with E-state index < -0.39 is 24.0 Å². The van der Waals surface area contributed by atoms with Gasteiger partial charge in [-0.05, 0) is 74.2 Å². The Kier molecular flexibility index (Phi) is 7.45. The summed E-state index contributed by atoms with van der Waals surface area (Å²) in [7, 11) is 0. The van der Waals surface area contributed by atoms with Gasteiger partial charge in [0.1, 0.15) is 17.1 Å². The minimum absolute atomic E-state index is 0.0236. The van der Waals surface area contributed by atoms with Gasteiger partial charge in [-0.2, -0.15) is 13.2 Å². The maximum absolute atomic E-state index is 13.6. The van der Waals surface area contributed by atoms with Crippen molar-refractivity contribution >= 4 is 22.0 Å². The molecule has 1 aromatic heterocycles. The first-order valence-electron chi connectivity index (χ1n) is 10.5. The molecule has 3 rings (SSSR count). The molecule has 0 saturated heterocycles. The Morgan fingerprint density at radius 3 is 2.67 bits per heavy atom. The minimum Gasteiger partial charge on any atom is -0.492 e. The number of rotatable bonds is 6. The Morgan fingerprint density at radius 1 is 1.27 bits per heavy atom. The second-order valence-electron chi connectivity index (χ2n) is 8.82. The van der Waals surface area contributed by atoms with Crippen LogP contribution in [0.5, 0.6) is 11.5 Å². The molecule has 1 aromatic carbocycles. The third-order valence-electron chi connectivity index (χ3n) is 4.80. The van der Waals surface area contributed by atoms with E-state index in [1.807, 2.05) is 6.92 Å². The summed E-state index contributed by atoms with van der Waals surface area (Å²) in [5.41, 5.74) is 0.352. The molecule has 0 fully saturated rings. The number of alkyl halides is 3. The van der Waals surface area contributed by atoms with E-state index in [1.165, 1.54) is 18.5 Å². The number of hydrogen-bond acceptors (Lipinski definition) is 5. The predicted octanol–water partition coefficient (Wildman–Crippen LogP) is 6.58. The zero-order chi connectivity index (χ0) is 24.4. The van der Waals surface area contributed by atoms with Gasteiger partial charge in [0, 0.05) is 35.6 Å². The molecule has 33 heavy (non-hydrogen) atoms. The quantitative estimate of drug-likeness (QED) is 0.427. The van der Waals surface area contributed by atoms with Crippen LogP contribution in [-0.4, -0.2) is 35.5 Å². The molecular formula is C23H26BrF3N2O4. The molecule has 0 saturated carbocycles. The van der Waals surface area contributed by atoms with Crippen LogP contribution in [0.15, 0.2) is 35.1 Å². The highest BCUT2D eigenvalue weighted by molar-refractivity contribution is 9.10. The Bertz CT molecular complexity index is 1010. The van der Waals surface area contributed by atoms with Gasteiger partial charge >= 0.3 is 12.3 Å². The number of carbonyl (C=O) groups is 1. The first-order chi connectivity index (χ1) is 15.3. The topological polar surface area (TPSA) is 69.7 Å². The van der Waals surface area contributed by atoms with E-state index in [-0.39, 0.29) is 17.4 Å². The fourth-order valence-electron chi connectivity index (χ4n) is 3.40. The standard InChI is InChI=1S/C23H26BrF3N2O4/c1-13(29-21(30)33-22(2,3)4)6-5-9-31-19-11-18-15(10-17(19)24)14-7-8-28-12-16(14)20(32-18)23(25,26)27/h7-8,10-13,20H,5-6,9H2,1-4H3,(H,29,30). The lowest BCUT2D eigenvalue weighted by molar-refractivity contribution is -0.198. The molecule has 0 spiro atoms. The normalized spacial score (nSPS) is 16.2. The van der Waals surface area contributed by atoms with Gasteiger partial charge in [0.15, 0.2) is 0 Å². The largest absolute Gasteiger partial charge is 0.492 e. The predicted molar refractivity (Wildman–Crippen MR) is 120 cm³/mol. The van der Waals surface area contributed by atoms with E-state index in [0.29, 0.717) is 40.8 Å². The number of pyridine rings is 1. The molecule has 0 bridgehead atoms. The summed E-state index contributed by atoms with van der Waals surface area (Å²) in [4.78, 5) is 15.6. The number of hydrogen-bond donors (Lipinski definition) is 1. The minimum atomic E-state index is -4.58. The zero-order valence-corrected chi connectivity index (χ0v) is 20.3. The molecule has 1 amide bonds. The van der Waals surface area contributed by atoms with Gasteiger partial charge in [-0.3, -0.25) is 4.98 Å². The van der Waals surface area contributed by atoms with E-state index in [2.05, 4.69) is 26.2 Å². The van der Waals surface area contributed by atoms with Crippen LogP contribution in [0.1, 0.15) is 52.2 Å². The van der Waals surface area contributed by atoms with Crippen LogP contribution < -0.4 is 14.8 Å². The number of fused-ring (bicyclic) bond motifs is 3. The van der Waals surface area contributed by atoms with Crippen molar-refractivity contribution in [2.45, 2.75) is 64.5 Å². The molecule has 10 heteroatoms. The highest BCUT2D eigenvalue weighted by Crippen LogP contribution is 2.50. The molecule has 2 atom stereocenters. The van der Waals surface area contributed by atoms with Gasteiger partial charge in [0.05, 0.1) is 11.1 Å². The average molecular weight is 531 g/mol. The summed E-state index contributed by atoms with van der Waals surface area (Å²) in [6.07, 6.45) is -3.29. The summed E-state index contributed by atoms with van der Waals surface area (Å²) in [5.74, 6) is 0.467. The summed E-state index contributed by atoms with van der Waals surface area (Å²) in [6.45, 7) is 7.53. The summed E-state index contributed by atoms with van der Waals surface area (Å²) in [6, 6.07) is 4.56. The number of ether oxygens (including phenoxy) is 3. The van der Waals surface area contributed by atoms with Crippen LogP contribution >= 0.6 is 15.9 Å². The van der Waals surface area contributed by atoms with Crippen molar-refractivity contribution in [1.82, 2.24) is 10.3 Å². The first kappa shape index (κ1) is 25.1. The Labute approximate surface area is 198 Å². The number of halogens is 4. The third-order valence-corrected chi connectivity index (χ3v) is 5.42. The molecule has 1 aliphatic rings. The van der Waals surface area contributed by atoms with Crippen molar-refractivity contribution in [2.24, 2.45) is 0 Å². The smallest absolute Gasteiger partial charge is 0.429 e. The van der Waals surface area contributed by atoms with Crippen LogP contribution in [0.25, 0.3) is 11.1 Å². The van der Waals surface area contributed by atoms with Crippen molar-refractivity contribution in [3.05, 3.63) is 40.6 Å². The van der Waals surface area contributed by atoms with Gasteiger partial charge in [-0.25, -0.2) is 4.79 Å². The zero-order valence-electron chi connectivity index (χ0n) is 18.8. The molecule has 2 heterocycles. The number of benzene rings is 1. The van der Waals surface area contributed by atoms with Crippen molar-refractivity contribution in [1.29, 1.82) is 0 Å². The van der Waals surface area contributed by atoms with E-state index in [1.54, 1.807) is 32.9 Å². The fourth-order valence-corrected chi connectivity index (χ4v) is 3.86. The number of nitrogens with one attached hydrogen (secondary N) is 1. The Hall–Kier alpha value is -2.49. The molecule has 1 aliphatic heterocycles. The number of carbonyl (C=O) groups excluding carboxylic acids is 1. The molecule has 2 unspecified atom stereocenters. The highest BCUT2D eigenvalue weighted by atomic mass is 79.9. The van der Waals surface area contributed by atoms with Crippen LogP contribution in [-0.2, 0) is 4.74 Å². The monoisotopic (exact) mass is 530 g/mol. The highest BCUT2D eigenvalue weighted by Gasteiger charge is 2.47. The lowest BCUT2D eigenvalue weighted by Crippen LogP contribution is -2.37. The van der Waals surface area contributed by atoms with Gasteiger partial charge in [0.25, 0.3) is 0 Å². The van der Waals surface area contributed by atoms with Gasteiger partial charge < -0.3 is 19.5 Å². The molecule has 6 nitrogen and oxygen atoms in total. The molecule has 0 radical (unpaired) electrons. The van der Waals surface area contributed by atoms with Crippen LogP contribution in [0.2, 0.25) is 0 Å². The third kappa shape index (κ3) is 6.52. The average Bonchev–Trinajstić information content (AvgIpc) is 2.68. The van der Waals surface area contributed by atoms with Crippen molar-refractivity contribution in [2.75, 3.05) is 6.61 Å². The maximum Gasteiger partial charge on any atom is 0.429 e. The second-order valence-corrected chi connectivity index (χ2v) is 9.67. The second kappa shape index (κ2) is 9.79. The van der Waals surface area contributed by atoms with E-state index in [9.17, 15) is 18.0 Å². The number of amides is 1. The maximum atomic E-state index is 13.6. The lowest BCUT2D eigenvalue weighted by atomic mass is 9.94. The van der Waals surface area contributed by atoms with Crippen LogP contribution in [0, 0.1) is 0 Å². The SMILES string of the molecule is CC(CCCOc1cc2c(cc1Br)-c1ccncc1C(C(F)(F)F)O2)NC(=O)OC(C)(C)C. The molecule has 1 N–H and O–H groups in total. The number of aromatic nitrogens is 1. The lowest BCUT2D eigenvalue weighted by Gasteiger charge is -2.30. The first-order valence-corrected chi connectivity index (χ1v) is 11.3. The van der Waals surface area contributed by atoms with Crippen LogP contribution in [0.3, 0.4) is 0 Å². The molecule has 0 aliphatic carbocycles. The Morgan fingerprint density at radius 2 is 2.00 bits per heavy atom. The Balaban J connectivity index is 1.64. The van der Waals surface area contributed by atoms with Crippen LogP contribution in [0.4, 0.5) is 18.0 Å². The fraction of sp³-hybridized carbons (Fsp3) is 0.478. The van der Waals surface area contributed by atoms with Gasteiger partial charge in [-0.1, -0.05) is 0 Å². The summed E-state index contributed by atoms with van der Waals surface area (Å²) < 4.78 is 57.6. The number of alkyl carbamates (subject to hydrolysis) is 1. The molecule has 180 valence electrons. The van der Waals surface area contributed by atoms with Gasteiger partial charge in [0.2, 0.25) is 6.10 Å². The van der Waals surface area contributed by atoms with Gasteiger partial charge in [-0.15, -0.1) is 0 Å². The molecular weight excluding hydrogens is 505 g/mol. The summed E-state index contributed by atoms with van der Waals surface area (Å²) in [5, 5.41) is 2.76. The summed E-state index contributed by atoms with van der Waals surface area (Å²) >= 11 is 3.43. The molecule has 2 aromatic rings. The van der Waals surface area contributed by atoms with Crippen molar-refractivity contribution < 1.29 is 32.2 Å². The van der Waals surface area contributed by atoms with Crippen molar-refractivity contribution in [3.63, 3.8) is 0 Å². The van der Waals surface area contributed by atoms with Crippen molar-refractivity contribution in [3.8, 4) is 22.6 Å². The van der Waals surface area contributed by atoms with E-state index >= 15 is 0 Å². The number of nitrogens with zero attached hydrogens (tertiary/aromatic N) is 1. The van der Waals surface area contributed by atoms with E-state index in [0.717, 1.165) is 0 Å². The van der Waals surface area contributed by atoms with E-state index in [4.69, 9.17) is 14.2 Å².